The maximum absolute atomic E-state index is 6.15. The predicted octanol–water partition coefficient (Wildman–Crippen LogP) is 3.45. The first kappa shape index (κ1) is 22.0. The van der Waals surface area contributed by atoms with Crippen LogP contribution in [0.5, 0.6) is 0 Å². The number of hydrogen-bond donors (Lipinski definition) is 1. The van der Waals surface area contributed by atoms with Crippen LogP contribution in [0, 0.1) is 5.92 Å². The molecule has 2 unspecified atom stereocenters. The lowest BCUT2D eigenvalue weighted by Crippen LogP contribution is -2.48. The van der Waals surface area contributed by atoms with Crippen molar-refractivity contribution in [3.05, 3.63) is 30.1 Å². The van der Waals surface area contributed by atoms with E-state index in [2.05, 4.69) is 40.1 Å². The van der Waals surface area contributed by atoms with Crippen LogP contribution in [-0.2, 0) is 9.47 Å². The summed E-state index contributed by atoms with van der Waals surface area (Å²) in [5.74, 6) is 1.94. The van der Waals surface area contributed by atoms with E-state index in [9.17, 15) is 0 Å². The quantitative estimate of drug-likeness (QED) is 0.559. The molecule has 6 nitrogen and oxygen atoms in total. The smallest absolute Gasteiger partial charge is 0.193 e. The highest BCUT2D eigenvalue weighted by molar-refractivity contribution is 5.80. The van der Waals surface area contributed by atoms with Crippen molar-refractivity contribution in [1.29, 1.82) is 0 Å². The molecule has 0 aliphatic carbocycles. The Hall–Kier alpha value is -1.66. The van der Waals surface area contributed by atoms with Crippen LogP contribution in [0.2, 0.25) is 0 Å². The molecule has 1 aromatic rings. The van der Waals surface area contributed by atoms with Crippen LogP contribution < -0.4 is 5.32 Å². The highest BCUT2D eigenvalue weighted by Gasteiger charge is 2.24. The molecule has 162 valence electrons. The molecule has 6 heteroatoms. The number of rotatable bonds is 7. The third kappa shape index (κ3) is 6.68. The Morgan fingerprint density at radius 3 is 2.76 bits per heavy atom. The average molecular weight is 403 g/mol. The standard InChI is InChI=1S/C23H38N4O2/c1-18(2)22(19-7-6-11-25-15-19)16-26-23(24-3)27-12-9-20(10-13-27)29-17-21-8-4-5-14-28-21/h6-7,11,15,18,20-22H,4-5,8-10,12-14,16-17H2,1-3H3,(H,24,26). The molecule has 1 N–H and O–H groups in total. The maximum atomic E-state index is 6.15. The lowest BCUT2D eigenvalue weighted by molar-refractivity contribution is -0.0721. The monoisotopic (exact) mass is 402 g/mol. The maximum Gasteiger partial charge on any atom is 0.193 e. The molecule has 0 spiro atoms. The SMILES string of the molecule is CN=C(NCC(c1cccnc1)C(C)C)N1CCC(OCC2CCCCO2)CC1. The minimum Gasteiger partial charge on any atom is -0.376 e. The van der Waals surface area contributed by atoms with Gasteiger partial charge in [-0.3, -0.25) is 9.98 Å². The molecule has 2 saturated heterocycles. The van der Waals surface area contributed by atoms with E-state index in [1.807, 2.05) is 25.5 Å². The second kappa shape index (κ2) is 11.5. The molecule has 2 aliphatic rings. The van der Waals surface area contributed by atoms with Crippen LogP contribution in [0.15, 0.2) is 29.5 Å². The Balaban J connectivity index is 1.43. The van der Waals surface area contributed by atoms with Crippen LogP contribution in [0.25, 0.3) is 0 Å². The van der Waals surface area contributed by atoms with Crippen molar-refractivity contribution in [2.24, 2.45) is 10.9 Å². The van der Waals surface area contributed by atoms with E-state index in [-0.39, 0.29) is 0 Å². The first-order valence-electron chi connectivity index (χ1n) is 11.3. The fourth-order valence-corrected chi connectivity index (χ4v) is 4.28. The number of ether oxygens (including phenoxy) is 2. The summed E-state index contributed by atoms with van der Waals surface area (Å²) >= 11 is 0. The van der Waals surface area contributed by atoms with E-state index in [1.54, 1.807) is 0 Å². The van der Waals surface area contributed by atoms with Crippen LogP contribution in [0.3, 0.4) is 0 Å². The number of aromatic nitrogens is 1. The van der Waals surface area contributed by atoms with Gasteiger partial charge in [-0.25, -0.2) is 0 Å². The van der Waals surface area contributed by atoms with Gasteiger partial charge in [0.2, 0.25) is 0 Å². The van der Waals surface area contributed by atoms with Crippen LogP contribution >= 0.6 is 0 Å². The van der Waals surface area contributed by atoms with Crippen LogP contribution in [0.4, 0.5) is 0 Å². The molecular weight excluding hydrogens is 364 g/mol. The molecule has 0 saturated carbocycles. The summed E-state index contributed by atoms with van der Waals surface area (Å²) in [5, 5.41) is 3.60. The minimum absolute atomic E-state index is 0.302. The predicted molar refractivity (Wildman–Crippen MR) is 117 cm³/mol. The zero-order valence-corrected chi connectivity index (χ0v) is 18.3. The molecule has 0 bridgehead atoms. The zero-order chi connectivity index (χ0) is 20.5. The van der Waals surface area contributed by atoms with Crippen molar-refractivity contribution < 1.29 is 9.47 Å². The second-order valence-corrected chi connectivity index (χ2v) is 8.57. The summed E-state index contributed by atoms with van der Waals surface area (Å²) in [7, 11) is 1.87. The van der Waals surface area contributed by atoms with Gasteiger partial charge in [-0.15, -0.1) is 0 Å². The van der Waals surface area contributed by atoms with Gasteiger partial charge < -0.3 is 19.7 Å². The average Bonchev–Trinajstić information content (AvgIpc) is 2.77. The summed E-state index contributed by atoms with van der Waals surface area (Å²) in [5.41, 5.74) is 1.28. The largest absolute Gasteiger partial charge is 0.376 e. The van der Waals surface area contributed by atoms with Gasteiger partial charge in [0.05, 0.1) is 18.8 Å². The Bertz CT molecular complexity index is 609. The molecule has 0 aromatic carbocycles. The topological polar surface area (TPSA) is 59.0 Å². The van der Waals surface area contributed by atoms with E-state index >= 15 is 0 Å². The van der Waals surface area contributed by atoms with E-state index in [4.69, 9.17) is 9.47 Å². The van der Waals surface area contributed by atoms with Crippen molar-refractivity contribution >= 4 is 5.96 Å². The molecule has 1 aromatic heterocycles. The normalized spacial score (nSPS) is 22.7. The molecule has 2 fully saturated rings. The fraction of sp³-hybridized carbons (Fsp3) is 0.739. The zero-order valence-electron chi connectivity index (χ0n) is 18.3. The van der Waals surface area contributed by atoms with E-state index in [0.717, 1.165) is 58.1 Å². The summed E-state index contributed by atoms with van der Waals surface area (Å²) in [6.45, 7) is 9.00. The number of pyridine rings is 1. The second-order valence-electron chi connectivity index (χ2n) is 8.57. The highest BCUT2D eigenvalue weighted by atomic mass is 16.5. The van der Waals surface area contributed by atoms with Crippen LogP contribution in [-0.4, -0.2) is 67.9 Å². The number of likely N-dealkylation sites (tertiary alicyclic amines) is 1. The van der Waals surface area contributed by atoms with E-state index in [1.165, 1.54) is 18.4 Å². The first-order chi connectivity index (χ1) is 14.2. The summed E-state index contributed by atoms with van der Waals surface area (Å²) in [6, 6.07) is 4.18. The number of nitrogens with zero attached hydrogens (tertiary/aromatic N) is 3. The first-order valence-corrected chi connectivity index (χ1v) is 11.3. The molecule has 2 aliphatic heterocycles. The van der Waals surface area contributed by atoms with Gasteiger partial charge in [-0.1, -0.05) is 19.9 Å². The van der Waals surface area contributed by atoms with Gasteiger partial charge in [0.1, 0.15) is 0 Å². The Kier molecular flexibility index (Phi) is 8.74. The van der Waals surface area contributed by atoms with Gasteiger partial charge in [-0.05, 0) is 49.7 Å². The van der Waals surface area contributed by atoms with E-state index in [0.29, 0.717) is 24.0 Å². The summed E-state index contributed by atoms with van der Waals surface area (Å²) in [6.07, 6.45) is 10.2. The van der Waals surface area contributed by atoms with E-state index < -0.39 is 0 Å². The van der Waals surface area contributed by atoms with Crippen molar-refractivity contribution in [3.8, 4) is 0 Å². The third-order valence-electron chi connectivity index (χ3n) is 6.14. The van der Waals surface area contributed by atoms with Crippen molar-refractivity contribution in [3.63, 3.8) is 0 Å². The number of hydrogen-bond acceptors (Lipinski definition) is 4. The lowest BCUT2D eigenvalue weighted by Gasteiger charge is -2.35. The molecule has 0 radical (unpaired) electrons. The number of nitrogens with one attached hydrogen (secondary N) is 1. The lowest BCUT2D eigenvalue weighted by atomic mass is 9.89. The van der Waals surface area contributed by atoms with Gasteiger partial charge in [0.15, 0.2) is 5.96 Å². The Labute approximate surface area is 176 Å². The molecule has 2 atom stereocenters. The summed E-state index contributed by atoms with van der Waals surface area (Å²) < 4.78 is 11.9. The minimum atomic E-state index is 0.302. The van der Waals surface area contributed by atoms with Crippen LogP contribution in [0.1, 0.15) is 57.4 Å². The highest BCUT2D eigenvalue weighted by Crippen LogP contribution is 2.23. The number of piperidine rings is 1. The van der Waals surface area contributed by atoms with Gasteiger partial charge in [0, 0.05) is 51.6 Å². The Morgan fingerprint density at radius 2 is 2.14 bits per heavy atom. The number of guanidine groups is 1. The molecular formula is C23H38N4O2. The van der Waals surface area contributed by atoms with Gasteiger partial charge in [0.25, 0.3) is 0 Å². The molecule has 3 rings (SSSR count). The third-order valence-corrected chi connectivity index (χ3v) is 6.14. The fourth-order valence-electron chi connectivity index (χ4n) is 4.28. The molecule has 29 heavy (non-hydrogen) atoms. The number of aliphatic imine (C=N–C) groups is 1. The summed E-state index contributed by atoms with van der Waals surface area (Å²) in [4.78, 5) is 11.2. The van der Waals surface area contributed by atoms with Crippen molar-refractivity contribution in [1.82, 2.24) is 15.2 Å². The molecule has 3 heterocycles. The molecule has 0 amide bonds. The Morgan fingerprint density at radius 1 is 1.31 bits per heavy atom. The van der Waals surface area contributed by atoms with Gasteiger partial charge in [-0.2, -0.15) is 0 Å². The van der Waals surface area contributed by atoms with Gasteiger partial charge >= 0.3 is 0 Å². The van der Waals surface area contributed by atoms with Crippen molar-refractivity contribution in [2.75, 3.05) is 39.9 Å². The van der Waals surface area contributed by atoms with Crippen molar-refractivity contribution in [2.45, 2.75) is 64.1 Å².